The van der Waals surface area contributed by atoms with E-state index in [2.05, 4.69) is 4.98 Å². The molecule has 6 nitrogen and oxygen atoms in total. The summed E-state index contributed by atoms with van der Waals surface area (Å²) in [5, 5.41) is 9.51. The molecule has 2 heterocycles. The highest BCUT2D eigenvalue weighted by molar-refractivity contribution is 7.89. The molecule has 1 N–H and O–H groups in total. The number of nitrogens with zero attached hydrogens (tertiary/aromatic N) is 2. The van der Waals surface area contributed by atoms with Gasteiger partial charge < -0.3 is 9.84 Å². The molecule has 126 valence electrons. The average Bonchev–Trinajstić information content (AvgIpc) is 2.62. The van der Waals surface area contributed by atoms with Crippen molar-refractivity contribution in [1.82, 2.24) is 9.29 Å². The van der Waals surface area contributed by atoms with Gasteiger partial charge in [-0.3, -0.25) is 4.98 Å². The van der Waals surface area contributed by atoms with Gasteiger partial charge in [0.25, 0.3) is 0 Å². The number of benzene rings is 1. The van der Waals surface area contributed by atoms with Crippen LogP contribution in [0.15, 0.2) is 53.7 Å². The monoisotopic (exact) mass is 346 g/mol. The highest BCUT2D eigenvalue weighted by atomic mass is 32.2. The Hall–Kier alpha value is -2.38. The van der Waals surface area contributed by atoms with Gasteiger partial charge in [0.05, 0.1) is 18.2 Å². The number of rotatable bonds is 4. The average molecular weight is 346 g/mol. The molecule has 0 aliphatic carbocycles. The van der Waals surface area contributed by atoms with Gasteiger partial charge in [0.2, 0.25) is 10.0 Å². The Bertz CT molecular complexity index is 860. The Labute approximate surface area is 141 Å². The van der Waals surface area contributed by atoms with E-state index in [4.69, 9.17) is 4.74 Å². The number of ether oxygens (including phenoxy) is 1. The van der Waals surface area contributed by atoms with Crippen molar-refractivity contribution >= 4 is 15.6 Å². The van der Waals surface area contributed by atoms with Crippen molar-refractivity contribution in [2.45, 2.75) is 11.3 Å². The maximum atomic E-state index is 12.7. The summed E-state index contributed by atoms with van der Waals surface area (Å²) in [7, 11) is -1.99. The van der Waals surface area contributed by atoms with Gasteiger partial charge in [0, 0.05) is 19.3 Å². The van der Waals surface area contributed by atoms with E-state index in [1.54, 1.807) is 36.5 Å². The first kappa shape index (κ1) is 16.5. The van der Waals surface area contributed by atoms with Crippen molar-refractivity contribution in [2.24, 2.45) is 0 Å². The van der Waals surface area contributed by atoms with Crippen molar-refractivity contribution in [3.8, 4) is 11.5 Å². The van der Waals surface area contributed by atoms with Gasteiger partial charge in [0.1, 0.15) is 11.5 Å². The van der Waals surface area contributed by atoms with Crippen molar-refractivity contribution in [3.63, 3.8) is 0 Å². The van der Waals surface area contributed by atoms with Crippen LogP contribution >= 0.6 is 0 Å². The van der Waals surface area contributed by atoms with Gasteiger partial charge in [-0.2, -0.15) is 4.31 Å². The molecular formula is C17H18N2O4S. The minimum Gasteiger partial charge on any atom is -0.506 e. The van der Waals surface area contributed by atoms with Crippen LogP contribution in [0.5, 0.6) is 11.5 Å². The number of pyridine rings is 1. The molecule has 7 heteroatoms. The molecule has 0 radical (unpaired) electrons. The molecule has 3 rings (SSSR count). The highest BCUT2D eigenvalue weighted by Crippen LogP contribution is 2.27. The topological polar surface area (TPSA) is 79.7 Å². The van der Waals surface area contributed by atoms with E-state index in [0.717, 1.165) is 11.1 Å². The summed E-state index contributed by atoms with van der Waals surface area (Å²) in [6, 6.07) is 8.00. The van der Waals surface area contributed by atoms with E-state index in [-0.39, 0.29) is 10.6 Å². The van der Waals surface area contributed by atoms with Crippen LogP contribution in [-0.2, 0) is 10.0 Å². The van der Waals surface area contributed by atoms with Gasteiger partial charge in [-0.05, 0) is 47.9 Å². The van der Waals surface area contributed by atoms with E-state index < -0.39 is 10.0 Å². The summed E-state index contributed by atoms with van der Waals surface area (Å²) in [5.41, 5.74) is 1.80. The lowest BCUT2D eigenvalue weighted by Crippen LogP contribution is -2.34. The second kappa shape index (κ2) is 6.62. The number of sulfonamides is 1. The van der Waals surface area contributed by atoms with E-state index in [1.807, 2.05) is 6.08 Å². The van der Waals surface area contributed by atoms with Crippen molar-refractivity contribution in [1.29, 1.82) is 0 Å². The zero-order chi connectivity index (χ0) is 17.2. The fraction of sp³-hybridized carbons (Fsp3) is 0.235. The van der Waals surface area contributed by atoms with Gasteiger partial charge in [-0.1, -0.05) is 6.08 Å². The molecule has 0 unspecified atom stereocenters. The Morgan fingerprint density at radius 1 is 1.21 bits per heavy atom. The van der Waals surface area contributed by atoms with Crippen LogP contribution in [0.4, 0.5) is 0 Å². The van der Waals surface area contributed by atoms with Crippen LogP contribution in [0.25, 0.3) is 5.57 Å². The largest absolute Gasteiger partial charge is 0.506 e. The first-order valence-corrected chi connectivity index (χ1v) is 8.92. The third-order valence-corrected chi connectivity index (χ3v) is 5.84. The first-order valence-electron chi connectivity index (χ1n) is 7.48. The molecule has 0 bridgehead atoms. The Morgan fingerprint density at radius 3 is 2.54 bits per heavy atom. The maximum absolute atomic E-state index is 12.7. The molecule has 2 aromatic rings. The molecule has 0 spiro atoms. The van der Waals surface area contributed by atoms with E-state index in [1.165, 1.54) is 17.6 Å². The number of aromatic nitrogens is 1. The summed E-state index contributed by atoms with van der Waals surface area (Å²) in [6.45, 7) is 0.676. The smallest absolute Gasteiger partial charge is 0.243 e. The second-order valence-electron chi connectivity index (χ2n) is 5.45. The zero-order valence-electron chi connectivity index (χ0n) is 13.2. The third kappa shape index (κ3) is 3.27. The van der Waals surface area contributed by atoms with Crippen LogP contribution in [0.2, 0.25) is 0 Å². The molecule has 0 atom stereocenters. The number of hydrogen-bond acceptors (Lipinski definition) is 5. The van der Waals surface area contributed by atoms with Crippen LogP contribution in [0.3, 0.4) is 0 Å². The molecule has 0 saturated heterocycles. The van der Waals surface area contributed by atoms with Crippen molar-refractivity contribution < 1.29 is 18.3 Å². The Balaban J connectivity index is 1.79. The summed E-state index contributed by atoms with van der Waals surface area (Å²) in [5.74, 6) is 0.716. The Kier molecular flexibility index (Phi) is 4.55. The molecule has 24 heavy (non-hydrogen) atoms. The number of methoxy groups -OCH3 is 1. The van der Waals surface area contributed by atoms with E-state index in [9.17, 15) is 13.5 Å². The van der Waals surface area contributed by atoms with Gasteiger partial charge in [0.15, 0.2) is 0 Å². The molecular weight excluding hydrogens is 328 g/mol. The minimum absolute atomic E-state index is 0.0988. The number of hydrogen-bond donors (Lipinski definition) is 1. The molecule has 1 aliphatic heterocycles. The lowest BCUT2D eigenvalue weighted by atomic mass is 10.0. The fourth-order valence-electron chi connectivity index (χ4n) is 2.63. The summed E-state index contributed by atoms with van der Waals surface area (Å²) in [4.78, 5) is 4.21. The predicted molar refractivity (Wildman–Crippen MR) is 90.2 cm³/mol. The summed E-state index contributed by atoms with van der Waals surface area (Å²) < 4.78 is 31.9. The fourth-order valence-corrected chi connectivity index (χ4v) is 4.01. The lowest BCUT2D eigenvalue weighted by Gasteiger charge is -2.26. The van der Waals surface area contributed by atoms with Gasteiger partial charge in [-0.25, -0.2) is 8.42 Å². The summed E-state index contributed by atoms with van der Waals surface area (Å²) in [6.07, 6.45) is 5.47. The lowest BCUT2D eigenvalue weighted by molar-refractivity contribution is 0.414. The normalized spacial score (nSPS) is 15.8. The SMILES string of the molecule is COc1ccc(S(=O)(=O)N2CC=C(c3cncc(O)c3)CC2)cc1. The molecule has 1 aromatic heterocycles. The van der Waals surface area contributed by atoms with Crippen LogP contribution in [0.1, 0.15) is 12.0 Å². The zero-order valence-corrected chi connectivity index (χ0v) is 14.0. The summed E-state index contributed by atoms with van der Waals surface area (Å²) >= 11 is 0. The van der Waals surface area contributed by atoms with E-state index in [0.29, 0.717) is 25.3 Å². The number of aromatic hydroxyl groups is 1. The molecule has 1 aliphatic rings. The van der Waals surface area contributed by atoms with Gasteiger partial charge >= 0.3 is 0 Å². The van der Waals surface area contributed by atoms with Crippen LogP contribution in [-0.4, -0.2) is 43.0 Å². The molecule has 1 aromatic carbocycles. The molecule has 0 fully saturated rings. The minimum atomic E-state index is -3.53. The van der Waals surface area contributed by atoms with Crippen LogP contribution < -0.4 is 4.74 Å². The second-order valence-corrected chi connectivity index (χ2v) is 7.39. The van der Waals surface area contributed by atoms with Crippen LogP contribution in [0, 0.1) is 0 Å². The van der Waals surface area contributed by atoms with Gasteiger partial charge in [-0.15, -0.1) is 0 Å². The standard InChI is InChI=1S/C17H18N2O4S/c1-23-16-2-4-17(5-3-16)24(21,22)19-8-6-13(7-9-19)14-10-15(20)12-18-11-14/h2-6,10-12,20H,7-9H2,1H3. The Morgan fingerprint density at radius 2 is 1.96 bits per heavy atom. The van der Waals surface area contributed by atoms with Crippen molar-refractivity contribution in [2.75, 3.05) is 20.2 Å². The third-order valence-electron chi connectivity index (χ3n) is 3.96. The first-order chi connectivity index (χ1) is 11.5. The molecule has 0 amide bonds. The van der Waals surface area contributed by atoms with E-state index >= 15 is 0 Å². The molecule has 0 saturated carbocycles. The maximum Gasteiger partial charge on any atom is 0.243 e. The highest BCUT2D eigenvalue weighted by Gasteiger charge is 2.26. The quantitative estimate of drug-likeness (QED) is 0.919. The van der Waals surface area contributed by atoms with Crippen molar-refractivity contribution in [3.05, 3.63) is 54.4 Å². The predicted octanol–water partition coefficient (Wildman–Crippen LogP) is 2.27.